The van der Waals surface area contributed by atoms with Crippen LogP contribution in [0.1, 0.15) is 6.92 Å². The second-order valence-electron chi connectivity index (χ2n) is 2.54. The third-order valence-electron chi connectivity index (χ3n) is 1.39. The van der Waals surface area contributed by atoms with Gasteiger partial charge in [0, 0.05) is 0 Å². The summed E-state index contributed by atoms with van der Waals surface area (Å²) in [6.45, 7) is 0.0431. The first-order valence-electron chi connectivity index (χ1n) is 3.24. The van der Waals surface area contributed by atoms with Crippen molar-refractivity contribution >= 4 is 5.91 Å². The number of nitrogens with zero attached hydrogens (tertiary/aromatic N) is 1. The van der Waals surface area contributed by atoms with Gasteiger partial charge in [0.05, 0.1) is 6.07 Å². The van der Waals surface area contributed by atoms with Gasteiger partial charge >= 0.3 is 6.18 Å². The van der Waals surface area contributed by atoms with Crippen LogP contribution in [0.3, 0.4) is 0 Å². The molecule has 0 heterocycles. The van der Waals surface area contributed by atoms with Crippen LogP contribution in [-0.2, 0) is 4.79 Å². The van der Waals surface area contributed by atoms with Crippen molar-refractivity contribution < 1.29 is 18.0 Å². The third-order valence-corrected chi connectivity index (χ3v) is 1.39. The fourth-order valence-corrected chi connectivity index (χ4v) is 0.432. The molecule has 0 aromatic carbocycles. The Morgan fingerprint density at radius 1 is 1.62 bits per heavy atom. The Labute approximate surface area is 72.5 Å². The number of nitrogens with two attached hydrogens (primary N) is 1. The van der Waals surface area contributed by atoms with Crippen molar-refractivity contribution in [2.24, 2.45) is 5.73 Å². The molecule has 0 aliphatic rings. The van der Waals surface area contributed by atoms with E-state index >= 15 is 0 Å². The smallest absolute Gasteiger partial charge is 0.341 e. The minimum atomic E-state index is -4.83. The summed E-state index contributed by atoms with van der Waals surface area (Å²) in [7, 11) is 0. The molecule has 1 unspecified atom stereocenters. The standard InChI is InChI=1S/C6H8F3N3O/c1-5(11,6(7,8)9)4(13)12-3-2-10/h3,11H2,1H3,(H,12,13). The molecular formula is C6H8F3N3O. The lowest BCUT2D eigenvalue weighted by atomic mass is 10.0. The summed E-state index contributed by atoms with van der Waals surface area (Å²) in [6.07, 6.45) is -4.83. The quantitative estimate of drug-likeness (QED) is 0.604. The zero-order valence-corrected chi connectivity index (χ0v) is 6.77. The van der Waals surface area contributed by atoms with Gasteiger partial charge in [-0.25, -0.2) is 0 Å². The lowest BCUT2D eigenvalue weighted by Crippen LogP contribution is -2.61. The van der Waals surface area contributed by atoms with Crippen LogP contribution in [0.15, 0.2) is 0 Å². The highest BCUT2D eigenvalue weighted by Gasteiger charge is 2.53. The number of hydrogen-bond acceptors (Lipinski definition) is 3. The zero-order valence-electron chi connectivity index (χ0n) is 6.77. The van der Waals surface area contributed by atoms with Gasteiger partial charge in [-0.15, -0.1) is 0 Å². The summed E-state index contributed by atoms with van der Waals surface area (Å²) in [5, 5.41) is 9.73. The molecule has 0 bridgehead atoms. The average Bonchev–Trinajstić information content (AvgIpc) is 1.97. The number of nitriles is 1. The molecule has 0 aromatic heterocycles. The van der Waals surface area contributed by atoms with Crippen LogP contribution >= 0.6 is 0 Å². The van der Waals surface area contributed by atoms with E-state index in [1.54, 1.807) is 5.32 Å². The summed E-state index contributed by atoms with van der Waals surface area (Å²) < 4.78 is 36.1. The lowest BCUT2D eigenvalue weighted by molar-refractivity contribution is -0.187. The summed E-state index contributed by atoms with van der Waals surface area (Å²) in [5.74, 6) is -1.42. The minimum Gasteiger partial charge on any atom is -0.341 e. The second kappa shape index (κ2) is 3.62. The van der Waals surface area contributed by atoms with Crippen LogP contribution in [0, 0.1) is 11.3 Å². The molecule has 3 N–H and O–H groups in total. The lowest BCUT2D eigenvalue weighted by Gasteiger charge is -2.25. The van der Waals surface area contributed by atoms with Gasteiger partial charge in [0.25, 0.3) is 0 Å². The Kier molecular flexibility index (Phi) is 3.26. The highest BCUT2D eigenvalue weighted by molar-refractivity contribution is 5.86. The molecular weight excluding hydrogens is 187 g/mol. The second-order valence-corrected chi connectivity index (χ2v) is 2.54. The molecule has 0 aliphatic carbocycles. The number of halogens is 3. The zero-order chi connectivity index (χ0) is 10.7. The molecule has 0 rings (SSSR count). The predicted molar refractivity (Wildman–Crippen MR) is 37.3 cm³/mol. The van der Waals surface area contributed by atoms with Gasteiger partial charge in [0.15, 0.2) is 5.54 Å². The molecule has 0 radical (unpaired) electrons. The van der Waals surface area contributed by atoms with Crippen molar-refractivity contribution in [1.82, 2.24) is 5.32 Å². The van der Waals surface area contributed by atoms with Crippen molar-refractivity contribution in [2.45, 2.75) is 18.6 Å². The van der Waals surface area contributed by atoms with Crippen LogP contribution in [0.4, 0.5) is 13.2 Å². The Balaban J connectivity index is 4.48. The van der Waals surface area contributed by atoms with E-state index in [-0.39, 0.29) is 0 Å². The number of hydrogen-bond donors (Lipinski definition) is 2. The van der Waals surface area contributed by atoms with Crippen LogP contribution in [-0.4, -0.2) is 24.2 Å². The van der Waals surface area contributed by atoms with Crippen molar-refractivity contribution in [3.05, 3.63) is 0 Å². The summed E-state index contributed by atoms with van der Waals surface area (Å²) >= 11 is 0. The predicted octanol–water partition coefficient (Wildman–Crippen LogP) is -0.0941. The van der Waals surface area contributed by atoms with Gasteiger partial charge in [-0.1, -0.05) is 0 Å². The molecule has 0 saturated carbocycles. The maximum Gasteiger partial charge on any atom is 0.415 e. The number of amides is 1. The Morgan fingerprint density at radius 2 is 2.08 bits per heavy atom. The molecule has 13 heavy (non-hydrogen) atoms. The average molecular weight is 195 g/mol. The van der Waals surface area contributed by atoms with E-state index in [9.17, 15) is 18.0 Å². The number of carbonyl (C=O) groups is 1. The molecule has 0 spiro atoms. The number of nitrogens with one attached hydrogen (secondary N) is 1. The molecule has 4 nitrogen and oxygen atoms in total. The van der Waals surface area contributed by atoms with Gasteiger partial charge in [-0.05, 0) is 6.92 Å². The van der Waals surface area contributed by atoms with E-state index in [2.05, 4.69) is 0 Å². The number of alkyl halides is 3. The van der Waals surface area contributed by atoms with Crippen LogP contribution in [0.2, 0.25) is 0 Å². The Bertz CT molecular complexity index is 240. The van der Waals surface area contributed by atoms with Crippen LogP contribution < -0.4 is 11.1 Å². The number of rotatable bonds is 2. The maximum atomic E-state index is 12.0. The van der Waals surface area contributed by atoms with Gasteiger partial charge in [-0.3, -0.25) is 4.79 Å². The van der Waals surface area contributed by atoms with Gasteiger partial charge < -0.3 is 11.1 Å². The summed E-state index contributed by atoms with van der Waals surface area (Å²) in [6, 6.07) is 1.47. The SMILES string of the molecule is CC(N)(C(=O)NCC#N)C(F)(F)F. The van der Waals surface area contributed by atoms with Crippen molar-refractivity contribution in [3.63, 3.8) is 0 Å². The summed E-state index contributed by atoms with van der Waals surface area (Å²) in [5.41, 5.74) is 1.78. The highest BCUT2D eigenvalue weighted by atomic mass is 19.4. The topological polar surface area (TPSA) is 78.9 Å². The third kappa shape index (κ3) is 2.59. The van der Waals surface area contributed by atoms with Gasteiger partial charge in [0.1, 0.15) is 6.54 Å². The molecule has 7 heteroatoms. The van der Waals surface area contributed by atoms with E-state index < -0.39 is 24.2 Å². The molecule has 0 fully saturated rings. The van der Waals surface area contributed by atoms with Gasteiger partial charge in [0.2, 0.25) is 5.91 Å². The molecule has 0 saturated heterocycles. The first-order valence-corrected chi connectivity index (χ1v) is 3.24. The van der Waals surface area contributed by atoms with E-state index in [1.165, 1.54) is 6.07 Å². The monoisotopic (exact) mass is 195 g/mol. The van der Waals surface area contributed by atoms with Gasteiger partial charge in [-0.2, -0.15) is 18.4 Å². The van der Waals surface area contributed by atoms with Crippen molar-refractivity contribution in [2.75, 3.05) is 6.54 Å². The normalized spacial score (nSPS) is 15.7. The fraction of sp³-hybridized carbons (Fsp3) is 0.667. The fourth-order valence-electron chi connectivity index (χ4n) is 0.432. The minimum absolute atomic E-state index is 0.498. The molecule has 0 aliphatic heterocycles. The number of carbonyl (C=O) groups excluding carboxylic acids is 1. The Hall–Kier alpha value is -1.29. The first-order chi connectivity index (χ1) is 5.73. The molecule has 1 amide bonds. The van der Waals surface area contributed by atoms with E-state index in [1.807, 2.05) is 0 Å². The first kappa shape index (κ1) is 11.7. The summed E-state index contributed by atoms with van der Waals surface area (Å²) in [4.78, 5) is 10.8. The van der Waals surface area contributed by atoms with E-state index in [0.29, 0.717) is 6.92 Å². The van der Waals surface area contributed by atoms with Crippen molar-refractivity contribution in [1.29, 1.82) is 5.26 Å². The van der Waals surface area contributed by atoms with Crippen LogP contribution in [0.5, 0.6) is 0 Å². The maximum absolute atomic E-state index is 12.0. The largest absolute Gasteiger partial charge is 0.415 e. The van der Waals surface area contributed by atoms with Crippen molar-refractivity contribution in [3.8, 4) is 6.07 Å². The molecule has 0 aromatic rings. The Morgan fingerprint density at radius 3 is 2.38 bits per heavy atom. The van der Waals surface area contributed by atoms with E-state index in [0.717, 1.165) is 0 Å². The highest BCUT2D eigenvalue weighted by Crippen LogP contribution is 2.27. The molecule has 74 valence electrons. The van der Waals surface area contributed by atoms with E-state index in [4.69, 9.17) is 11.0 Å². The molecule has 1 atom stereocenters. The van der Waals surface area contributed by atoms with Crippen LogP contribution in [0.25, 0.3) is 0 Å².